The van der Waals surface area contributed by atoms with E-state index in [1.807, 2.05) is 55.5 Å². The van der Waals surface area contributed by atoms with Crippen molar-refractivity contribution in [1.82, 2.24) is 19.5 Å². The molecule has 0 fully saturated rings. The highest BCUT2D eigenvalue weighted by atomic mass is 16.5. The number of para-hydroxylation sites is 1. The molecule has 4 aromatic rings. The van der Waals surface area contributed by atoms with E-state index in [9.17, 15) is 0 Å². The number of fused-ring (bicyclic) bond motifs is 1. The zero-order chi connectivity index (χ0) is 21.8. The zero-order valence-corrected chi connectivity index (χ0v) is 17.5. The van der Waals surface area contributed by atoms with Gasteiger partial charge in [-0.1, -0.05) is 55.1 Å². The molecule has 7 nitrogen and oxygen atoms in total. The van der Waals surface area contributed by atoms with Gasteiger partial charge in [-0.2, -0.15) is 4.98 Å². The van der Waals surface area contributed by atoms with E-state index in [-0.39, 0.29) is 0 Å². The summed E-state index contributed by atoms with van der Waals surface area (Å²) in [6.07, 6.45) is 5.42. The van der Waals surface area contributed by atoms with E-state index in [1.54, 1.807) is 17.8 Å². The highest BCUT2D eigenvalue weighted by Crippen LogP contribution is 2.30. The van der Waals surface area contributed by atoms with Crippen molar-refractivity contribution >= 4 is 28.7 Å². The van der Waals surface area contributed by atoms with Gasteiger partial charge in [-0.3, -0.25) is 0 Å². The molecule has 0 saturated heterocycles. The first-order chi connectivity index (χ1) is 15.1. The average molecular weight is 412 g/mol. The number of imidazole rings is 1. The molecule has 2 aromatic heterocycles. The van der Waals surface area contributed by atoms with Crippen LogP contribution in [0.25, 0.3) is 22.9 Å². The molecule has 7 heteroatoms. The molecule has 0 saturated carbocycles. The molecule has 4 rings (SSSR count). The zero-order valence-electron chi connectivity index (χ0n) is 17.5. The summed E-state index contributed by atoms with van der Waals surface area (Å²) in [5.74, 6) is 2.06. The number of nitrogen functional groups attached to an aromatic ring is 1. The number of aryl methyl sites for hydroxylation is 1. The predicted molar refractivity (Wildman–Crippen MR) is 125 cm³/mol. The van der Waals surface area contributed by atoms with Crippen LogP contribution in [-0.2, 0) is 6.54 Å². The average Bonchev–Trinajstić information content (AvgIpc) is 3.08. The minimum Gasteiger partial charge on any atom is -0.494 e. The second kappa shape index (κ2) is 8.71. The predicted octanol–water partition coefficient (Wildman–Crippen LogP) is 4.53. The second-order valence-corrected chi connectivity index (χ2v) is 6.94. The van der Waals surface area contributed by atoms with Gasteiger partial charge in [0.2, 0.25) is 11.9 Å². The van der Waals surface area contributed by atoms with E-state index in [1.165, 1.54) is 0 Å². The lowest BCUT2D eigenvalue weighted by Gasteiger charge is -2.14. The van der Waals surface area contributed by atoms with Gasteiger partial charge in [-0.05, 0) is 30.7 Å². The molecule has 0 amide bonds. The third-order valence-electron chi connectivity index (χ3n) is 4.91. The number of hydrogen-bond acceptors (Lipinski definition) is 6. The Morgan fingerprint density at radius 1 is 1.10 bits per heavy atom. The Morgan fingerprint density at radius 3 is 2.65 bits per heavy atom. The van der Waals surface area contributed by atoms with Gasteiger partial charge in [0, 0.05) is 11.9 Å². The molecule has 0 unspecified atom stereocenters. The topological polar surface area (TPSA) is 90.9 Å². The second-order valence-electron chi connectivity index (χ2n) is 6.94. The highest BCUT2D eigenvalue weighted by Gasteiger charge is 2.18. The molecule has 0 aliphatic rings. The Kier molecular flexibility index (Phi) is 5.66. The summed E-state index contributed by atoms with van der Waals surface area (Å²) in [6.45, 7) is 6.25. The minimum absolute atomic E-state index is 0.310. The number of rotatable bonds is 7. The van der Waals surface area contributed by atoms with Crippen LogP contribution in [0.15, 0.2) is 67.3 Å². The molecule has 2 heterocycles. The van der Waals surface area contributed by atoms with Gasteiger partial charge in [-0.15, -0.1) is 0 Å². The molecular formula is C24H24N6O. The monoisotopic (exact) mass is 412 g/mol. The van der Waals surface area contributed by atoms with Crippen LogP contribution in [0.3, 0.4) is 0 Å². The van der Waals surface area contributed by atoms with E-state index < -0.39 is 0 Å². The molecule has 0 radical (unpaired) electrons. The number of methoxy groups -OCH3 is 1. The fourth-order valence-electron chi connectivity index (χ4n) is 3.42. The third-order valence-corrected chi connectivity index (χ3v) is 4.91. The Morgan fingerprint density at radius 2 is 1.90 bits per heavy atom. The summed E-state index contributed by atoms with van der Waals surface area (Å²) >= 11 is 0. The van der Waals surface area contributed by atoms with Gasteiger partial charge in [0.15, 0.2) is 0 Å². The van der Waals surface area contributed by atoms with Gasteiger partial charge in [0.25, 0.3) is 0 Å². The number of nitrogens with zero attached hydrogens (tertiary/aromatic N) is 4. The molecule has 2 aromatic carbocycles. The van der Waals surface area contributed by atoms with E-state index in [0.717, 1.165) is 22.3 Å². The van der Waals surface area contributed by atoms with Crippen LogP contribution in [-0.4, -0.2) is 26.6 Å². The van der Waals surface area contributed by atoms with Crippen LogP contribution in [0.5, 0.6) is 5.75 Å². The fraction of sp³-hybridized carbons (Fsp3) is 0.125. The maximum absolute atomic E-state index is 6.24. The van der Waals surface area contributed by atoms with Crippen molar-refractivity contribution in [2.24, 2.45) is 0 Å². The van der Waals surface area contributed by atoms with Crippen molar-refractivity contribution in [2.45, 2.75) is 13.5 Å². The summed E-state index contributed by atoms with van der Waals surface area (Å²) in [4.78, 5) is 14.0. The van der Waals surface area contributed by atoms with Gasteiger partial charge in [0.05, 0.1) is 18.5 Å². The first-order valence-corrected chi connectivity index (χ1v) is 9.89. The normalized spacial score (nSPS) is 11.2. The quantitative estimate of drug-likeness (QED) is 0.434. The maximum atomic E-state index is 6.24. The minimum atomic E-state index is 0.310. The van der Waals surface area contributed by atoms with Crippen LogP contribution in [0.2, 0.25) is 0 Å². The van der Waals surface area contributed by atoms with Crippen LogP contribution >= 0.6 is 0 Å². The summed E-state index contributed by atoms with van der Waals surface area (Å²) in [5.41, 5.74) is 9.64. The van der Waals surface area contributed by atoms with Crippen molar-refractivity contribution in [3.05, 3.63) is 84.2 Å². The Hall–Kier alpha value is -4.13. The molecule has 0 aliphatic heterocycles. The lowest BCUT2D eigenvalue weighted by molar-refractivity contribution is 0.419. The van der Waals surface area contributed by atoms with E-state index in [2.05, 4.69) is 29.0 Å². The molecule has 156 valence electrons. The van der Waals surface area contributed by atoms with Gasteiger partial charge < -0.3 is 15.8 Å². The van der Waals surface area contributed by atoms with Crippen molar-refractivity contribution < 1.29 is 4.74 Å². The SMILES string of the molecule is C=C/C=C\c1c(C)nc(N)n1-c1nc(NCc2ccccc2)c2cccc(OC)c2n1. The molecule has 31 heavy (non-hydrogen) atoms. The summed E-state index contributed by atoms with van der Waals surface area (Å²) in [7, 11) is 1.63. The van der Waals surface area contributed by atoms with Crippen molar-refractivity contribution in [3.8, 4) is 11.7 Å². The number of hydrogen-bond donors (Lipinski definition) is 2. The third kappa shape index (κ3) is 3.98. The first-order valence-electron chi connectivity index (χ1n) is 9.89. The molecule has 0 atom stereocenters. The Labute approximate surface area is 180 Å². The van der Waals surface area contributed by atoms with Gasteiger partial charge in [-0.25, -0.2) is 14.5 Å². The van der Waals surface area contributed by atoms with Gasteiger partial charge in [0.1, 0.15) is 17.1 Å². The van der Waals surface area contributed by atoms with E-state index in [4.69, 9.17) is 20.4 Å². The molecule has 0 spiro atoms. The number of anilines is 2. The smallest absolute Gasteiger partial charge is 0.239 e. The summed E-state index contributed by atoms with van der Waals surface area (Å²) < 4.78 is 7.30. The Balaban J connectivity index is 1.89. The van der Waals surface area contributed by atoms with Crippen molar-refractivity contribution in [3.63, 3.8) is 0 Å². The van der Waals surface area contributed by atoms with E-state index in [0.29, 0.717) is 35.5 Å². The van der Waals surface area contributed by atoms with Crippen molar-refractivity contribution in [2.75, 3.05) is 18.2 Å². The molecule has 0 aliphatic carbocycles. The lowest BCUT2D eigenvalue weighted by atomic mass is 10.2. The van der Waals surface area contributed by atoms with Crippen molar-refractivity contribution in [1.29, 1.82) is 0 Å². The number of aromatic nitrogens is 4. The largest absolute Gasteiger partial charge is 0.494 e. The molecule has 0 bridgehead atoms. The maximum Gasteiger partial charge on any atom is 0.239 e. The number of nitrogens with one attached hydrogen (secondary N) is 1. The number of benzene rings is 2. The number of ether oxygens (including phenoxy) is 1. The summed E-state index contributed by atoms with van der Waals surface area (Å²) in [5, 5.41) is 4.30. The highest BCUT2D eigenvalue weighted by molar-refractivity contribution is 5.93. The lowest BCUT2D eigenvalue weighted by Crippen LogP contribution is -2.11. The number of nitrogens with two attached hydrogens (primary N) is 1. The first kappa shape index (κ1) is 20.2. The molecular weight excluding hydrogens is 388 g/mol. The number of allylic oxidation sites excluding steroid dienone is 2. The van der Waals surface area contributed by atoms with Crippen LogP contribution in [0.4, 0.5) is 11.8 Å². The summed E-state index contributed by atoms with van der Waals surface area (Å²) in [6, 6.07) is 15.9. The van der Waals surface area contributed by atoms with E-state index >= 15 is 0 Å². The molecule has 3 N–H and O–H groups in total. The van der Waals surface area contributed by atoms with Gasteiger partial charge >= 0.3 is 0 Å². The van der Waals surface area contributed by atoms with Crippen LogP contribution in [0.1, 0.15) is 17.0 Å². The Bertz CT molecular complexity index is 1260. The standard InChI is InChI=1S/C24H24N6O/c1-4-5-13-19-16(2)27-23(25)30(19)24-28-21-18(12-9-14-20(21)31-3)22(29-24)26-15-17-10-7-6-8-11-17/h4-14H,1,15H2,2-3H3,(H2,25,27)(H,26,28,29)/b13-5-. The fourth-order valence-corrected chi connectivity index (χ4v) is 3.42. The van der Waals surface area contributed by atoms with Crippen LogP contribution < -0.4 is 15.8 Å². The van der Waals surface area contributed by atoms with Crippen LogP contribution in [0, 0.1) is 6.92 Å².